The van der Waals surface area contributed by atoms with Crippen LogP contribution in [0.5, 0.6) is 5.75 Å². The van der Waals surface area contributed by atoms with Crippen LogP contribution in [0.2, 0.25) is 0 Å². The van der Waals surface area contributed by atoms with E-state index in [0.717, 1.165) is 5.56 Å². The van der Waals surface area contributed by atoms with E-state index in [4.69, 9.17) is 4.18 Å². The summed E-state index contributed by atoms with van der Waals surface area (Å²) in [5.74, 6) is -5.14. The van der Waals surface area contributed by atoms with Crippen LogP contribution in [-0.4, -0.2) is 8.42 Å². The third-order valence-electron chi connectivity index (χ3n) is 3.02. The topological polar surface area (TPSA) is 43.4 Å². The smallest absolute Gasteiger partial charge is 0.342 e. The maximum atomic E-state index is 13.6. The van der Waals surface area contributed by atoms with Gasteiger partial charge in [0.05, 0.1) is 0 Å². The van der Waals surface area contributed by atoms with Crippen LogP contribution in [0.25, 0.3) is 0 Å². The molecule has 0 amide bonds. The Hall–Kier alpha value is -2.02. The number of halogens is 3. The zero-order valence-electron chi connectivity index (χ0n) is 11.2. The van der Waals surface area contributed by atoms with E-state index in [0.29, 0.717) is 17.7 Å². The van der Waals surface area contributed by atoms with Crippen LogP contribution in [0.3, 0.4) is 0 Å². The zero-order valence-corrected chi connectivity index (χ0v) is 12.0. The standard InChI is InChI=1S/C14H11F3O3S/c1-8-4-3-5-11(9(8)2)20-21(18,19)12-7-6-10(15)13(16)14(12)17/h3-7H,1-2H3. The van der Waals surface area contributed by atoms with Crippen molar-refractivity contribution in [3.63, 3.8) is 0 Å². The van der Waals surface area contributed by atoms with Gasteiger partial charge in [0.25, 0.3) is 0 Å². The molecule has 0 aliphatic heterocycles. The molecule has 0 aliphatic rings. The molecule has 0 spiro atoms. The SMILES string of the molecule is Cc1cccc(OS(=O)(=O)c2ccc(F)c(F)c2F)c1C. The molecule has 0 saturated heterocycles. The molecule has 0 radical (unpaired) electrons. The molecular weight excluding hydrogens is 305 g/mol. The largest absolute Gasteiger partial charge is 0.379 e. The summed E-state index contributed by atoms with van der Waals surface area (Å²) in [6.45, 7) is 3.37. The Morgan fingerprint density at radius 2 is 1.62 bits per heavy atom. The Balaban J connectivity index is 2.49. The molecule has 2 rings (SSSR count). The van der Waals surface area contributed by atoms with Crippen molar-refractivity contribution in [1.29, 1.82) is 0 Å². The second-order valence-corrected chi connectivity index (χ2v) is 5.92. The highest BCUT2D eigenvalue weighted by Gasteiger charge is 2.26. The lowest BCUT2D eigenvalue weighted by Crippen LogP contribution is -2.14. The van der Waals surface area contributed by atoms with Crippen LogP contribution in [0.15, 0.2) is 35.2 Å². The summed E-state index contributed by atoms with van der Waals surface area (Å²) in [7, 11) is -4.60. The second-order valence-electron chi connectivity index (χ2n) is 4.41. The van der Waals surface area contributed by atoms with Crippen LogP contribution in [-0.2, 0) is 10.1 Å². The summed E-state index contributed by atoms with van der Waals surface area (Å²) in [6.07, 6.45) is 0. The molecular formula is C14H11F3O3S. The molecule has 0 saturated carbocycles. The summed E-state index contributed by atoms with van der Waals surface area (Å²) < 4.78 is 68.4. The minimum atomic E-state index is -4.60. The van der Waals surface area contributed by atoms with Gasteiger partial charge in [-0.2, -0.15) is 8.42 Å². The predicted octanol–water partition coefficient (Wildman–Crippen LogP) is 3.49. The fourth-order valence-corrected chi connectivity index (χ4v) is 2.73. The van der Waals surface area contributed by atoms with Crippen molar-refractivity contribution in [2.45, 2.75) is 18.7 Å². The van der Waals surface area contributed by atoms with Crippen molar-refractivity contribution in [2.24, 2.45) is 0 Å². The van der Waals surface area contributed by atoms with E-state index in [9.17, 15) is 21.6 Å². The maximum Gasteiger partial charge on any atom is 0.342 e. The van der Waals surface area contributed by atoms with Crippen molar-refractivity contribution in [2.75, 3.05) is 0 Å². The highest BCUT2D eigenvalue weighted by molar-refractivity contribution is 7.87. The highest BCUT2D eigenvalue weighted by atomic mass is 32.2. The van der Waals surface area contributed by atoms with E-state index >= 15 is 0 Å². The first-order valence-electron chi connectivity index (χ1n) is 5.88. The third kappa shape index (κ3) is 2.87. The van der Waals surface area contributed by atoms with E-state index in [-0.39, 0.29) is 5.75 Å². The van der Waals surface area contributed by atoms with Crippen molar-refractivity contribution in [3.05, 3.63) is 58.9 Å². The van der Waals surface area contributed by atoms with Gasteiger partial charge in [-0.15, -0.1) is 0 Å². The van der Waals surface area contributed by atoms with Gasteiger partial charge in [0.1, 0.15) is 10.6 Å². The maximum absolute atomic E-state index is 13.6. The van der Waals surface area contributed by atoms with E-state index in [1.165, 1.54) is 6.07 Å². The number of benzene rings is 2. The first-order valence-corrected chi connectivity index (χ1v) is 7.29. The third-order valence-corrected chi connectivity index (χ3v) is 4.28. The minimum absolute atomic E-state index is 0.000803. The fraction of sp³-hybridized carbons (Fsp3) is 0.143. The number of rotatable bonds is 3. The van der Waals surface area contributed by atoms with Gasteiger partial charge in [-0.3, -0.25) is 0 Å². The molecule has 0 aliphatic carbocycles. The quantitative estimate of drug-likeness (QED) is 0.643. The van der Waals surface area contributed by atoms with Gasteiger partial charge in [-0.05, 0) is 43.2 Å². The van der Waals surface area contributed by atoms with Crippen molar-refractivity contribution in [1.82, 2.24) is 0 Å². The van der Waals surface area contributed by atoms with Crippen LogP contribution in [0.4, 0.5) is 13.2 Å². The van der Waals surface area contributed by atoms with E-state index in [2.05, 4.69) is 0 Å². The molecule has 0 N–H and O–H groups in total. The average Bonchev–Trinajstić information content (AvgIpc) is 2.41. The summed E-state index contributed by atoms with van der Waals surface area (Å²) in [6, 6.07) is 5.84. The molecule has 0 unspecified atom stereocenters. The molecule has 0 atom stereocenters. The lowest BCUT2D eigenvalue weighted by molar-refractivity contribution is 0.423. The van der Waals surface area contributed by atoms with Crippen LogP contribution in [0, 0.1) is 31.3 Å². The van der Waals surface area contributed by atoms with E-state index in [1.807, 2.05) is 0 Å². The van der Waals surface area contributed by atoms with Gasteiger partial charge >= 0.3 is 10.1 Å². The zero-order chi connectivity index (χ0) is 15.8. The Labute approximate surface area is 120 Å². The van der Waals surface area contributed by atoms with Crippen LogP contribution >= 0.6 is 0 Å². The van der Waals surface area contributed by atoms with E-state index in [1.54, 1.807) is 26.0 Å². The summed E-state index contributed by atoms with van der Waals surface area (Å²) >= 11 is 0. The molecule has 112 valence electrons. The van der Waals surface area contributed by atoms with Gasteiger partial charge in [0.15, 0.2) is 17.5 Å². The molecule has 2 aromatic carbocycles. The van der Waals surface area contributed by atoms with Crippen molar-refractivity contribution < 1.29 is 25.8 Å². The lowest BCUT2D eigenvalue weighted by atomic mass is 10.1. The van der Waals surface area contributed by atoms with Gasteiger partial charge in [-0.1, -0.05) is 12.1 Å². The van der Waals surface area contributed by atoms with Crippen LogP contribution < -0.4 is 4.18 Å². The number of hydrogen-bond donors (Lipinski definition) is 0. The molecule has 21 heavy (non-hydrogen) atoms. The van der Waals surface area contributed by atoms with Gasteiger partial charge in [0.2, 0.25) is 0 Å². The van der Waals surface area contributed by atoms with Gasteiger partial charge in [0, 0.05) is 0 Å². The molecule has 2 aromatic rings. The highest BCUT2D eigenvalue weighted by Crippen LogP contribution is 2.27. The van der Waals surface area contributed by atoms with E-state index < -0.39 is 32.5 Å². The first kappa shape index (κ1) is 15.4. The summed E-state index contributed by atoms with van der Waals surface area (Å²) in [4.78, 5) is -1.05. The van der Waals surface area contributed by atoms with Crippen molar-refractivity contribution in [3.8, 4) is 5.75 Å². The van der Waals surface area contributed by atoms with Gasteiger partial charge in [-0.25, -0.2) is 13.2 Å². The Bertz CT molecular complexity index is 801. The average molecular weight is 316 g/mol. The first-order chi connectivity index (χ1) is 9.74. The number of aryl methyl sites for hydroxylation is 1. The molecule has 7 heteroatoms. The minimum Gasteiger partial charge on any atom is -0.379 e. The summed E-state index contributed by atoms with van der Waals surface area (Å²) in [5.41, 5.74) is 1.32. The molecule has 0 fully saturated rings. The Kier molecular flexibility index (Phi) is 3.95. The van der Waals surface area contributed by atoms with Gasteiger partial charge < -0.3 is 4.18 Å². The fourth-order valence-electron chi connectivity index (χ4n) is 1.68. The normalized spacial score (nSPS) is 11.5. The predicted molar refractivity (Wildman–Crippen MR) is 70.0 cm³/mol. The molecule has 0 bridgehead atoms. The molecule has 0 heterocycles. The summed E-state index contributed by atoms with van der Waals surface area (Å²) in [5, 5.41) is 0. The Morgan fingerprint density at radius 1 is 0.952 bits per heavy atom. The monoisotopic (exact) mass is 316 g/mol. The second kappa shape index (κ2) is 5.40. The molecule has 3 nitrogen and oxygen atoms in total. The number of hydrogen-bond acceptors (Lipinski definition) is 3. The molecule has 0 aromatic heterocycles. The van der Waals surface area contributed by atoms with Crippen LogP contribution in [0.1, 0.15) is 11.1 Å². The Morgan fingerprint density at radius 3 is 2.29 bits per heavy atom. The lowest BCUT2D eigenvalue weighted by Gasteiger charge is -2.11. The van der Waals surface area contributed by atoms with Crippen molar-refractivity contribution >= 4 is 10.1 Å².